The highest BCUT2D eigenvalue weighted by Gasteiger charge is 2.27. The number of para-hydroxylation sites is 1. The molecule has 0 aliphatic carbocycles. The van der Waals surface area contributed by atoms with Gasteiger partial charge in [0.1, 0.15) is 5.69 Å². The molecule has 0 heterocycles. The normalized spacial score (nSPS) is 11.1. The summed E-state index contributed by atoms with van der Waals surface area (Å²) in [6, 6.07) is 9.84. The standard InChI is InChI=1S/C16H17N3O5S/c1-3-18(16(20)12-6-4-5-7-13(12)17)14-9-8-11(25(2,23)24)10-15(14)19(21)22/h4-10H,3,17H2,1-2H3. The maximum Gasteiger partial charge on any atom is 0.294 e. The average molecular weight is 363 g/mol. The third-order valence-corrected chi connectivity index (χ3v) is 4.73. The van der Waals surface area contributed by atoms with E-state index >= 15 is 0 Å². The maximum atomic E-state index is 12.8. The van der Waals surface area contributed by atoms with Crippen LogP contribution in [-0.2, 0) is 9.84 Å². The Morgan fingerprint density at radius 1 is 1.24 bits per heavy atom. The molecule has 0 fully saturated rings. The van der Waals surface area contributed by atoms with Crippen molar-refractivity contribution >= 4 is 32.8 Å². The van der Waals surface area contributed by atoms with Gasteiger partial charge < -0.3 is 10.6 Å². The van der Waals surface area contributed by atoms with Crippen LogP contribution in [0.4, 0.5) is 17.1 Å². The van der Waals surface area contributed by atoms with Crippen molar-refractivity contribution in [2.24, 2.45) is 0 Å². The number of anilines is 2. The van der Waals surface area contributed by atoms with Gasteiger partial charge in [0.2, 0.25) is 0 Å². The molecule has 0 spiro atoms. The minimum Gasteiger partial charge on any atom is -0.398 e. The summed E-state index contributed by atoms with van der Waals surface area (Å²) < 4.78 is 23.3. The third kappa shape index (κ3) is 3.77. The minimum atomic E-state index is -3.62. The Morgan fingerprint density at radius 2 is 1.88 bits per heavy atom. The van der Waals surface area contributed by atoms with Gasteiger partial charge in [-0.25, -0.2) is 8.42 Å². The van der Waals surface area contributed by atoms with Crippen molar-refractivity contribution in [3.8, 4) is 0 Å². The molecule has 2 aromatic carbocycles. The Kier molecular flexibility index (Phi) is 5.07. The fourth-order valence-corrected chi connectivity index (χ4v) is 3.01. The quantitative estimate of drug-likeness (QED) is 0.493. The van der Waals surface area contributed by atoms with Crippen LogP contribution >= 0.6 is 0 Å². The van der Waals surface area contributed by atoms with E-state index in [2.05, 4.69) is 0 Å². The Balaban J connectivity index is 2.59. The van der Waals surface area contributed by atoms with E-state index in [1.165, 1.54) is 23.1 Å². The molecule has 0 radical (unpaired) electrons. The zero-order chi connectivity index (χ0) is 18.8. The van der Waals surface area contributed by atoms with Crippen molar-refractivity contribution in [2.75, 3.05) is 23.4 Å². The van der Waals surface area contributed by atoms with Crippen LogP contribution in [0.25, 0.3) is 0 Å². The van der Waals surface area contributed by atoms with Gasteiger partial charge >= 0.3 is 0 Å². The lowest BCUT2D eigenvalue weighted by Crippen LogP contribution is -2.31. The van der Waals surface area contributed by atoms with Crippen LogP contribution in [-0.4, -0.2) is 32.0 Å². The molecule has 2 N–H and O–H groups in total. The first-order chi connectivity index (χ1) is 11.7. The molecule has 2 aromatic rings. The van der Waals surface area contributed by atoms with Gasteiger partial charge in [-0.1, -0.05) is 12.1 Å². The molecule has 132 valence electrons. The summed E-state index contributed by atoms with van der Waals surface area (Å²) in [5.41, 5.74) is 5.82. The number of carbonyl (C=O) groups excluding carboxylic acids is 1. The first kappa shape index (κ1) is 18.4. The topological polar surface area (TPSA) is 124 Å². The molecule has 0 aromatic heterocycles. The summed E-state index contributed by atoms with van der Waals surface area (Å²) in [7, 11) is -3.62. The number of sulfone groups is 1. The Morgan fingerprint density at radius 3 is 2.40 bits per heavy atom. The highest BCUT2D eigenvalue weighted by atomic mass is 32.2. The monoisotopic (exact) mass is 363 g/mol. The van der Waals surface area contributed by atoms with Gasteiger partial charge in [-0.05, 0) is 31.2 Å². The van der Waals surface area contributed by atoms with E-state index in [-0.39, 0.29) is 28.4 Å². The van der Waals surface area contributed by atoms with Gasteiger partial charge in [0, 0.05) is 24.6 Å². The van der Waals surface area contributed by atoms with Crippen molar-refractivity contribution in [3.63, 3.8) is 0 Å². The van der Waals surface area contributed by atoms with Crippen LogP contribution in [0.2, 0.25) is 0 Å². The van der Waals surface area contributed by atoms with Gasteiger partial charge in [0.15, 0.2) is 9.84 Å². The van der Waals surface area contributed by atoms with E-state index in [4.69, 9.17) is 5.73 Å². The first-order valence-electron chi connectivity index (χ1n) is 7.31. The summed E-state index contributed by atoms with van der Waals surface area (Å²) in [5, 5.41) is 11.4. The van der Waals surface area contributed by atoms with E-state index in [1.807, 2.05) is 0 Å². The van der Waals surface area contributed by atoms with Gasteiger partial charge in [-0.2, -0.15) is 0 Å². The van der Waals surface area contributed by atoms with E-state index < -0.39 is 26.4 Å². The summed E-state index contributed by atoms with van der Waals surface area (Å²) in [5.74, 6) is -0.504. The second-order valence-electron chi connectivity index (χ2n) is 5.32. The summed E-state index contributed by atoms with van der Waals surface area (Å²) in [4.78, 5) is 24.4. The number of hydrogen-bond donors (Lipinski definition) is 1. The number of nitrogens with zero attached hydrogens (tertiary/aromatic N) is 2. The summed E-state index contributed by atoms with van der Waals surface area (Å²) in [6.07, 6.45) is 0.957. The molecule has 0 aliphatic heterocycles. The fraction of sp³-hybridized carbons (Fsp3) is 0.188. The van der Waals surface area contributed by atoms with Crippen LogP contribution in [0.3, 0.4) is 0 Å². The predicted octanol–water partition coefficient (Wildman–Crippen LogP) is 2.25. The smallest absolute Gasteiger partial charge is 0.294 e. The molecule has 25 heavy (non-hydrogen) atoms. The minimum absolute atomic E-state index is 0.00755. The molecule has 8 nitrogen and oxygen atoms in total. The lowest BCUT2D eigenvalue weighted by atomic mass is 10.1. The predicted molar refractivity (Wildman–Crippen MR) is 94.4 cm³/mol. The molecule has 0 saturated heterocycles. The average Bonchev–Trinajstić information content (AvgIpc) is 2.54. The largest absolute Gasteiger partial charge is 0.398 e. The van der Waals surface area contributed by atoms with Gasteiger partial charge in [0.05, 0.1) is 15.4 Å². The number of hydrogen-bond acceptors (Lipinski definition) is 6. The molecule has 9 heteroatoms. The van der Waals surface area contributed by atoms with E-state index in [0.717, 1.165) is 12.3 Å². The third-order valence-electron chi connectivity index (χ3n) is 3.62. The zero-order valence-corrected chi connectivity index (χ0v) is 14.5. The molecule has 0 atom stereocenters. The lowest BCUT2D eigenvalue weighted by molar-refractivity contribution is -0.384. The number of amides is 1. The van der Waals surface area contributed by atoms with Crippen molar-refractivity contribution in [1.29, 1.82) is 0 Å². The summed E-state index contributed by atoms with van der Waals surface area (Å²) >= 11 is 0. The molecule has 2 rings (SSSR count). The maximum absolute atomic E-state index is 12.8. The zero-order valence-electron chi connectivity index (χ0n) is 13.7. The Hall–Kier alpha value is -2.94. The number of nitrogens with two attached hydrogens (primary N) is 1. The van der Waals surface area contributed by atoms with Crippen LogP contribution in [0.15, 0.2) is 47.4 Å². The molecule has 0 bridgehead atoms. The molecule has 1 amide bonds. The lowest BCUT2D eigenvalue weighted by Gasteiger charge is -2.22. The van der Waals surface area contributed by atoms with Crippen LogP contribution in [0.5, 0.6) is 0 Å². The van der Waals surface area contributed by atoms with E-state index in [1.54, 1.807) is 25.1 Å². The number of carbonyl (C=O) groups is 1. The second-order valence-corrected chi connectivity index (χ2v) is 7.33. The summed E-state index contributed by atoms with van der Waals surface area (Å²) in [6.45, 7) is 1.80. The number of rotatable bonds is 5. The highest BCUT2D eigenvalue weighted by molar-refractivity contribution is 7.90. The molecular formula is C16H17N3O5S. The van der Waals surface area contributed by atoms with Crippen LogP contribution in [0.1, 0.15) is 17.3 Å². The highest BCUT2D eigenvalue weighted by Crippen LogP contribution is 2.32. The Bertz CT molecular complexity index is 941. The molecular weight excluding hydrogens is 346 g/mol. The molecule has 0 aliphatic rings. The number of benzene rings is 2. The fourth-order valence-electron chi connectivity index (χ4n) is 2.37. The van der Waals surface area contributed by atoms with E-state index in [0.29, 0.717) is 0 Å². The van der Waals surface area contributed by atoms with Gasteiger partial charge in [-0.3, -0.25) is 14.9 Å². The van der Waals surface area contributed by atoms with Crippen LogP contribution in [0, 0.1) is 10.1 Å². The van der Waals surface area contributed by atoms with Gasteiger partial charge in [-0.15, -0.1) is 0 Å². The number of nitro groups is 1. The molecule has 0 saturated carbocycles. The number of nitrogen functional groups attached to an aromatic ring is 1. The SMILES string of the molecule is CCN(C(=O)c1ccccc1N)c1ccc(S(C)(=O)=O)cc1[N+](=O)[O-]. The number of nitro benzene ring substituents is 1. The van der Waals surface area contributed by atoms with Crippen molar-refractivity contribution in [1.82, 2.24) is 0 Å². The second kappa shape index (κ2) is 6.89. The van der Waals surface area contributed by atoms with Crippen molar-refractivity contribution < 1.29 is 18.1 Å². The van der Waals surface area contributed by atoms with Crippen molar-refractivity contribution in [3.05, 3.63) is 58.1 Å². The van der Waals surface area contributed by atoms with E-state index in [9.17, 15) is 23.3 Å². The Labute approximate surface area is 144 Å². The first-order valence-corrected chi connectivity index (χ1v) is 9.20. The van der Waals surface area contributed by atoms with Crippen LogP contribution < -0.4 is 10.6 Å². The van der Waals surface area contributed by atoms with Crippen molar-refractivity contribution in [2.45, 2.75) is 11.8 Å². The van der Waals surface area contributed by atoms with Gasteiger partial charge in [0.25, 0.3) is 11.6 Å². The molecule has 0 unspecified atom stereocenters.